The molecule has 5 N–H and O–H groups in total. The fourth-order valence-corrected chi connectivity index (χ4v) is 6.87. The number of aliphatic hydroxyl groups excluding tert-OH is 2. The summed E-state index contributed by atoms with van der Waals surface area (Å²) in [6.07, 6.45) is -7.79. The Labute approximate surface area is 335 Å². The van der Waals surface area contributed by atoms with Crippen molar-refractivity contribution >= 4 is 34.3 Å². The molecular weight excluding hydrogens is 850 g/mol. The maximum atomic E-state index is 13.0. The smallest absolute Gasteiger partial charge is 0.433 e. The minimum absolute atomic E-state index is 0.137. The van der Waals surface area contributed by atoms with Gasteiger partial charge >= 0.3 is 6.18 Å². The molecule has 1 amide bonds. The minimum atomic E-state index is -4.65. The molecule has 2 fully saturated rings. The molecule has 2 aromatic heterocycles. The van der Waals surface area contributed by atoms with Crippen LogP contribution < -0.4 is 30.2 Å². The first-order valence-electron chi connectivity index (χ1n) is 18.1. The van der Waals surface area contributed by atoms with Crippen molar-refractivity contribution in [3.63, 3.8) is 0 Å². The summed E-state index contributed by atoms with van der Waals surface area (Å²) in [5.74, 6) is 2.11. The van der Waals surface area contributed by atoms with Gasteiger partial charge in [0.1, 0.15) is 35.2 Å². The number of carbonyl (C=O) groups excluding carboxylic acids is 1. The van der Waals surface area contributed by atoms with E-state index >= 15 is 0 Å². The molecule has 0 aliphatic carbocycles. The number of halogens is 4. The van der Waals surface area contributed by atoms with E-state index in [0.29, 0.717) is 76.2 Å². The quantitative estimate of drug-likeness (QED) is 0.101. The summed E-state index contributed by atoms with van der Waals surface area (Å²) < 4.78 is 63.1. The highest BCUT2D eigenvalue weighted by molar-refractivity contribution is 14.1. The highest BCUT2D eigenvalue weighted by Gasteiger charge is 2.41. The third-order valence-corrected chi connectivity index (χ3v) is 10.1. The van der Waals surface area contributed by atoms with Crippen LogP contribution >= 0.6 is 22.6 Å². The first-order chi connectivity index (χ1) is 27.0. The van der Waals surface area contributed by atoms with Crippen LogP contribution in [0.1, 0.15) is 28.2 Å². The number of carbonyl (C=O) groups is 1. The lowest BCUT2D eigenvalue weighted by Crippen LogP contribution is -2.59. The second-order valence-electron chi connectivity index (χ2n) is 13.3. The van der Waals surface area contributed by atoms with Crippen molar-refractivity contribution < 1.29 is 47.1 Å². The predicted molar refractivity (Wildman–Crippen MR) is 207 cm³/mol. The van der Waals surface area contributed by atoms with Crippen molar-refractivity contribution in [2.75, 3.05) is 63.9 Å². The van der Waals surface area contributed by atoms with Gasteiger partial charge in [-0.3, -0.25) is 9.69 Å². The highest BCUT2D eigenvalue weighted by Crippen LogP contribution is 2.31. The Bertz CT molecular complexity index is 1890. The van der Waals surface area contributed by atoms with Gasteiger partial charge in [-0.1, -0.05) is 12.1 Å². The molecule has 56 heavy (non-hydrogen) atoms. The topological polar surface area (TPSA) is 178 Å². The van der Waals surface area contributed by atoms with Crippen LogP contribution in [0.4, 0.5) is 19.0 Å². The number of piperazine rings is 1. The van der Waals surface area contributed by atoms with Gasteiger partial charge in [-0.15, -0.1) is 10.2 Å². The number of nitrogens with two attached hydrogens (primary N) is 1. The number of benzene rings is 2. The number of nitrogens with zero attached hydrogens (tertiary/aromatic N) is 5. The van der Waals surface area contributed by atoms with Crippen molar-refractivity contribution in [3.8, 4) is 23.1 Å². The molecule has 2 aromatic carbocycles. The average molecular weight is 894 g/mol. The van der Waals surface area contributed by atoms with Crippen LogP contribution in [0.3, 0.4) is 0 Å². The van der Waals surface area contributed by atoms with E-state index in [1.807, 2.05) is 41.3 Å². The zero-order valence-electron chi connectivity index (χ0n) is 30.3. The largest absolute Gasteiger partial charge is 0.494 e. The number of rotatable bonds is 15. The van der Waals surface area contributed by atoms with E-state index in [1.165, 1.54) is 11.6 Å². The van der Waals surface area contributed by atoms with Gasteiger partial charge in [0.25, 0.3) is 5.91 Å². The van der Waals surface area contributed by atoms with Crippen LogP contribution in [0.15, 0.2) is 72.8 Å². The van der Waals surface area contributed by atoms with Gasteiger partial charge in [0.15, 0.2) is 17.6 Å². The fraction of sp³-hybridized carbons (Fsp3) is 0.421. The second-order valence-corrected chi connectivity index (χ2v) is 14.4. The number of nitrogens with one attached hydrogen (secondary N) is 1. The first kappa shape index (κ1) is 41.3. The Morgan fingerprint density at radius 2 is 1.75 bits per heavy atom. The number of amides is 1. The first-order valence-corrected chi connectivity index (χ1v) is 19.2. The maximum Gasteiger partial charge on any atom is 0.433 e. The molecule has 6 rings (SSSR count). The standard InChI is InChI=1S/C38H43F3IN7O7/c39-38(40,41)32-3-1-4-34(45-32)56-31-23-54-30(35(50)36(31)51)22-48-16-18-49(19-17-48)33-12-10-28(46-47-33)37(52)44-15-2-20-53-25-6-8-26(9-7-25)55-29-11-5-24(13-14-43)21-27(29)42/h1,3-12,21,30-31,35-36,50-51H,2,13-20,22-23,43H2,(H,44,52)/t30-,31+,35+,36-/m1/s1. The zero-order valence-corrected chi connectivity index (χ0v) is 32.4. The SMILES string of the molecule is NCCc1ccc(Oc2ccc(OCCCNC(=O)c3ccc(N4CCN(C[C@H]5OC[C@H](Oc6cccc(C(F)(F)F)n6)[C@@H](O)[C@H]5O)CC4)nn3)cc2)c(I)c1. The molecule has 0 radical (unpaired) electrons. The normalized spacial score (nSPS) is 20.4. The van der Waals surface area contributed by atoms with E-state index in [0.717, 1.165) is 27.9 Å². The van der Waals surface area contributed by atoms with Gasteiger partial charge in [0.05, 0.1) is 22.9 Å². The molecule has 18 heteroatoms. The molecule has 4 atom stereocenters. The molecular formula is C38H43F3IN7O7. The van der Waals surface area contributed by atoms with E-state index in [4.69, 9.17) is 24.7 Å². The molecule has 2 aliphatic heterocycles. The van der Waals surface area contributed by atoms with Gasteiger partial charge in [-0.05, 0) is 102 Å². The summed E-state index contributed by atoms with van der Waals surface area (Å²) in [4.78, 5) is 20.2. The van der Waals surface area contributed by atoms with Crippen LogP contribution in [-0.4, -0.2) is 120 Å². The maximum absolute atomic E-state index is 13.0. The number of aliphatic hydroxyl groups is 2. The molecule has 4 aromatic rings. The van der Waals surface area contributed by atoms with E-state index < -0.39 is 36.3 Å². The van der Waals surface area contributed by atoms with Crippen LogP contribution in [0, 0.1) is 3.57 Å². The number of pyridine rings is 1. The van der Waals surface area contributed by atoms with Crippen molar-refractivity contribution in [1.29, 1.82) is 0 Å². The third-order valence-electron chi connectivity index (χ3n) is 9.25. The van der Waals surface area contributed by atoms with E-state index in [-0.39, 0.29) is 24.1 Å². The molecule has 0 saturated carbocycles. The Kier molecular flexibility index (Phi) is 14.2. The van der Waals surface area contributed by atoms with Gasteiger partial charge in [-0.25, -0.2) is 4.98 Å². The van der Waals surface area contributed by atoms with Crippen LogP contribution in [0.5, 0.6) is 23.1 Å². The number of anilines is 1. The fourth-order valence-electron chi connectivity index (χ4n) is 6.18. The summed E-state index contributed by atoms with van der Waals surface area (Å²) in [7, 11) is 0. The lowest BCUT2D eigenvalue weighted by atomic mass is 9.99. The zero-order chi connectivity index (χ0) is 39.7. The highest BCUT2D eigenvalue weighted by atomic mass is 127. The van der Waals surface area contributed by atoms with Gasteiger partial charge in [0.2, 0.25) is 5.88 Å². The summed E-state index contributed by atoms with van der Waals surface area (Å²) in [5.41, 5.74) is 5.89. The summed E-state index contributed by atoms with van der Waals surface area (Å²) in [5, 5.41) is 32.6. The Hall–Kier alpha value is -4.34. The van der Waals surface area contributed by atoms with Crippen LogP contribution in [0.25, 0.3) is 0 Å². The van der Waals surface area contributed by atoms with Crippen molar-refractivity contribution in [2.45, 2.75) is 43.4 Å². The monoisotopic (exact) mass is 893 g/mol. The molecule has 0 bridgehead atoms. The minimum Gasteiger partial charge on any atom is -0.494 e. The Balaban J connectivity index is 0.867. The number of aromatic nitrogens is 3. The van der Waals surface area contributed by atoms with Gasteiger partial charge < -0.3 is 45.1 Å². The van der Waals surface area contributed by atoms with Gasteiger partial charge in [0, 0.05) is 45.3 Å². The van der Waals surface area contributed by atoms with Crippen molar-refractivity contribution in [3.05, 3.63) is 93.3 Å². The summed E-state index contributed by atoms with van der Waals surface area (Å²) in [6, 6.07) is 20.0. The number of ether oxygens (including phenoxy) is 4. The molecule has 300 valence electrons. The molecule has 0 unspecified atom stereocenters. The lowest BCUT2D eigenvalue weighted by Gasteiger charge is -2.41. The summed E-state index contributed by atoms with van der Waals surface area (Å²) >= 11 is 2.25. The molecule has 14 nitrogen and oxygen atoms in total. The molecule has 2 saturated heterocycles. The van der Waals surface area contributed by atoms with Crippen molar-refractivity contribution in [1.82, 2.24) is 25.4 Å². The lowest BCUT2D eigenvalue weighted by molar-refractivity contribution is -0.185. The average Bonchev–Trinajstić information content (AvgIpc) is 3.19. The molecule has 2 aliphatic rings. The van der Waals surface area contributed by atoms with Crippen LogP contribution in [-0.2, 0) is 17.3 Å². The predicted octanol–water partition coefficient (Wildman–Crippen LogP) is 3.68. The molecule has 0 spiro atoms. The number of hydrogen-bond donors (Lipinski definition) is 4. The van der Waals surface area contributed by atoms with E-state index in [1.54, 1.807) is 12.1 Å². The number of hydrogen-bond acceptors (Lipinski definition) is 13. The number of alkyl halides is 3. The molecule has 4 heterocycles. The summed E-state index contributed by atoms with van der Waals surface area (Å²) in [6.45, 7) is 3.97. The third kappa shape index (κ3) is 11.2. The van der Waals surface area contributed by atoms with Crippen molar-refractivity contribution in [2.24, 2.45) is 5.73 Å². The van der Waals surface area contributed by atoms with Crippen LogP contribution in [0.2, 0.25) is 0 Å². The van der Waals surface area contributed by atoms with Gasteiger partial charge in [-0.2, -0.15) is 13.2 Å². The Morgan fingerprint density at radius 1 is 0.982 bits per heavy atom. The Morgan fingerprint density at radius 3 is 2.45 bits per heavy atom. The van der Waals surface area contributed by atoms with E-state index in [9.17, 15) is 28.2 Å². The second kappa shape index (κ2) is 19.2. The van der Waals surface area contributed by atoms with E-state index in [2.05, 4.69) is 54.1 Å².